The van der Waals surface area contributed by atoms with Gasteiger partial charge in [-0.05, 0) is 80.5 Å². The van der Waals surface area contributed by atoms with Crippen molar-refractivity contribution < 1.29 is 27.9 Å². The Morgan fingerprint density at radius 2 is 1.73 bits per heavy atom. The first-order chi connectivity index (χ1) is 17.7. The minimum atomic E-state index is -2.47. The molecule has 6 fully saturated rings. The number of carbonyl (C=O) groups is 3. The number of halogens is 2. The van der Waals surface area contributed by atoms with E-state index in [1.165, 1.54) is 0 Å². The lowest BCUT2D eigenvalue weighted by molar-refractivity contribution is -0.160. The van der Waals surface area contributed by atoms with Gasteiger partial charge < -0.3 is 9.64 Å². The highest BCUT2D eigenvalue weighted by Gasteiger charge is 2.63. The highest BCUT2D eigenvalue weighted by atomic mass is 19.3. The SMILES string of the molecule is O=C1NC(=O)C2(N3Cc4cc(O[C@@H]5CCC[C@H]5N5CC(C6CCC(F)(F)CC6)C5)ccc4C3=O)CC1C2. The molecule has 2 bridgehead atoms. The van der Waals surface area contributed by atoms with Crippen LogP contribution in [0.1, 0.15) is 73.7 Å². The molecule has 2 atom stereocenters. The maximum atomic E-state index is 13.5. The molecule has 0 radical (unpaired) electrons. The molecule has 0 unspecified atom stereocenters. The quantitative estimate of drug-likeness (QED) is 0.610. The number of carbonyl (C=O) groups excluding carboxylic acids is 3. The summed E-state index contributed by atoms with van der Waals surface area (Å²) in [5.41, 5.74) is 0.549. The molecule has 3 saturated carbocycles. The standard InChI is InChI=1S/C28H33F2N3O4/c29-28(30)8-6-16(7-9-28)19-13-32(14-19)22-2-1-3-23(22)37-20-4-5-21-17(10-20)15-33(25(21)35)27-11-18(12-27)24(34)31-26(27)36/h4-5,10,16,18-19,22-23H,1-3,6-9,11-15H2,(H,31,34,36)/t18?,22-,23-,27?/m1/s1. The van der Waals surface area contributed by atoms with Crippen molar-refractivity contribution in [1.82, 2.24) is 15.1 Å². The number of alkyl halides is 2. The van der Waals surface area contributed by atoms with Crippen LogP contribution in [0.25, 0.3) is 0 Å². The van der Waals surface area contributed by atoms with E-state index in [1.54, 1.807) is 11.0 Å². The smallest absolute Gasteiger partial charge is 0.255 e. The van der Waals surface area contributed by atoms with E-state index >= 15 is 0 Å². The maximum absolute atomic E-state index is 13.5. The van der Waals surface area contributed by atoms with E-state index in [0.717, 1.165) is 43.7 Å². The summed E-state index contributed by atoms with van der Waals surface area (Å²) >= 11 is 0. The van der Waals surface area contributed by atoms with Gasteiger partial charge in [-0.2, -0.15) is 0 Å². The Hall–Kier alpha value is -2.55. The van der Waals surface area contributed by atoms with Crippen LogP contribution in [0.15, 0.2) is 18.2 Å². The first-order valence-corrected chi connectivity index (χ1v) is 13.8. The van der Waals surface area contributed by atoms with Crippen LogP contribution in [-0.2, 0) is 16.1 Å². The summed E-state index contributed by atoms with van der Waals surface area (Å²) in [5.74, 6) is -1.72. The normalized spacial score (nSPS) is 35.7. The molecular formula is C28H33F2N3O4. The van der Waals surface area contributed by atoms with Crippen LogP contribution in [0, 0.1) is 17.8 Å². The number of fused-ring (bicyclic) bond motifs is 3. The molecule has 4 heterocycles. The third-order valence-electron chi connectivity index (χ3n) is 10.1. The molecule has 1 aromatic rings. The summed E-state index contributed by atoms with van der Waals surface area (Å²) in [4.78, 5) is 41.8. The number of likely N-dealkylation sites (tertiary alicyclic amines) is 1. The van der Waals surface area contributed by atoms with Crippen molar-refractivity contribution in [2.24, 2.45) is 17.8 Å². The maximum Gasteiger partial charge on any atom is 0.255 e. The Bertz CT molecular complexity index is 1150. The fourth-order valence-electron chi connectivity index (χ4n) is 7.80. The van der Waals surface area contributed by atoms with E-state index in [0.29, 0.717) is 55.7 Å². The van der Waals surface area contributed by atoms with E-state index in [1.807, 2.05) is 12.1 Å². The zero-order chi connectivity index (χ0) is 25.5. The molecule has 3 amide bonds. The van der Waals surface area contributed by atoms with Crippen molar-refractivity contribution in [1.29, 1.82) is 0 Å². The van der Waals surface area contributed by atoms with Crippen LogP contribution in [0.3, 0.4) is 0 Å². The summed E-state index contributed by atoms with van der Waals surface area (Å²) in [5, 5.41) is 2.42. The zero-order valence-corrected chi connectivity index (χ0v) is 20.9. The van der Waals surface area contributed by atoms with Crippen LogP contribution in [-0.4, -0.2) is 64.2 Å². The Balaban J connectivity index is 0.986. The van der Waals surface area contributed by atoms with Crippen LogP contribution in [0.5, 0.6) is 5.75 Å². The van der Waals surface area contributed by atoms with Crippen molar-refractivity contribution in [3.05, 3.63) is 29.3 Å². The van der Waals surface area contributed by atoms with Gasteiger partial charge in [0.05, 0.1) is 0 Å². The molecule has 1 N–H and O–H groups in total. The van der Waals surface area contributed by atoms with Gasteiger partial charge in [-0.15, -0.1) is 0 Å². The molecule has 37 heavy (non-hydrogen) atoms. The summed E-state index contributed by atoms with van der Waals surface area (Å²) < 4.78 is 33.5. The van der Waals surface area contributed by atoms with Crippen LogP contribution in [0.2, 0.25) is 0 Å². The number of imide groups is 1. The average molecular weight is 514 g/mol. The second kappa shape index (κ2) is 8.22. The first-order valence-electron chi connectivity index (χ1n) is 13.8. The van der Waals surface area contributed by atoms with E-state index in [9.17, 15) is 23.2 Å². The number of nitrogens with zero attached hydrogens (tertiary/aromatic N) is 2. The molecule has 9 heteroatoms. The molecule has 8 rings (SSSR count). The minimum absolute atomic E-state index is 0.0338. The number of rotatable bonds is 5. The van der Waals surface area contributed by atoms with Gasteiger partial charge in [0.15, 0.2) is 0 Å². The van der Waals surface area contributed by atoms with Crippen molar-refractivity contribution in [2.45, 2.75) is 87.9 Å². The number of ether oxygens (including phenoxy) is 1. The molecule has 0 aromatic heterocycles. The van der Waals surface area contributed by atoms with Crippen molar-refractivity contribution in [3.63, 3.8) is 0 Å². The van der Waals surface area contributed by atoms with Gasteiger partial charge in [0.1, 0.15) is 17.4 Å². The number of benzene rings is 1. The average Bonchev–Trinajstić information content (AvgIpc) is 3.37. The van der Waals surface area contributed by atoms with Crippen molar-refractivity contribution >= 4 is 17.7 Å². The molecule has 1 aromatic carbocycles. The summed E-state index contributed by atoms with van der Waals surface area (Å²) in [6.07, 6.45) is 5.39. The Morgan fingerprint density at radius 1 is 0.973 bits per heavy atom. The van der Waals surface area contributed by atoms with E-state index in [-0.39, 0.29) is 42.6 Å². The van der Waals surface area contributed by atoms with Gasteiger partial charge in [-0.3, -0.25) is 24.6 Å². The third kappa shape index (κ3) is 3.71. The van der Waals surface area contributed by atoms with Gasteiger partial charge in [0.2, 0.25) is 11.8 Å². The Labute approximate surface area is 214 Å². The second-order valence-electron chi connectivity index (χ2n) is 12.2. The molecule has 7 aliphatic rings. The third-order valence-corrected chi connectivity index (χ3v) is 10.1. The minimum Gasteiger partial charge on any atom is -0.489 e. The lowest BCUT2D eigenvalue weighted by Crippen LogP contribution is -2.73. The van der Waals surface area contributed by atoms with Gasteiger partial charge in [-0.25, -0.2) is 8.78 Å². The molecule has 4 aliphatic heterocycles. The number of amides is 3. The van der Waals surface area contributed by atoms with Gasteiger partial charge in [-0.1, -0.05) is 0 Å². The van der Waals surface area contributed by atoms with Crippen LogP contribution >= 0.6 is 0 Å². The molecular weight excluding hydrogens is 480 g/mol. The summed E-state index contributed by atoms with van der Waals surface area (Å²) in [6.45, 7) is 2.30. The van der Waals surface area contributed by atoms with Crippen molar-refractivity contribution in [2.75, 3.05) is 13.1 Å². The largest absolute Gasteiger partial charge is 0.489 e. The molecule has 7 nitrogen and oxygen atoms in total. The number of piperidine rings is 2. The fraction of sp³-hybridized carbons (Fsp3) is 0.679. The van der Waals surface area contributed by atoms with E-state index in [2.05, 4.69) is 10.2 Å². The lowest BCUT2D eigenvalue weighted by atomic mass is 9.63. The summed E-state index contributed by atoms with van der Waals surface area (Å²) in [6, 6.07) is 5.92. The molecule has 0 spiro atoms. The monoisotopic (exact) mass is 513 g/mol. The molecule has 3 saturated heterocycles. The Kier molecular flexibility index (Phi) is 5.24. The second-order valence-corrected chi connectivity index (χ2v) is 12.2. The van der Waals surface area contributed by atoms with E-state index < -0.39 is 11.5 Å². The number of nitrogens with one attached hydrogen (secondary N) is 1. The summed E-state index contributed by atoms with van der Waals surface area (Å²) in [7, 11) is 0. The zero-order valence-electron chi connectivity index (χ0n) is 20.9. The van der Waals surface area contributed by atoms with Crippen LogP contribution < -0.4 is 10.1 Å². The Morgan fingerprint density at radius 3 is 2.46 bits per heavy atom. The highest BCUT2D eigenvalue weighted by molar-refractivity contribution is 6.10. The molecule has 3 aliphatic carbocycles. The predicted octanol–water partition coefficient (Wildman–Crippen LogP) is 3.50. The van der Waals surface area contributed by atoms with Gasteiger partial charge in [0, 0.05) is 50.0 Å². The lowest BCUT2D eigenvalue weighted by Gasteiger charge is -2.53. The topological polar surface area (TPSA) is 79.0 Å². The fourth-order valence-corrected chi connectivity index (χ4v) is 7.80. The highest BCUT2D eigenvalue weighted by Crippen LogP contribution is 2.49. The number of hydrogen-bond acceptors (Lipinski definition) is 5. The van der Waals surface area contributed by atoms with Crippen LogP contribution in [0.4, 0.5) is 8.78 Å². The van der Waals surface area contributed by atoms with Crippen molar-refractivity contribution in [3.8, 4) is 5.75 Å². The van der Waals surface area contributed by atoms with Gasteiger partial charge in [0.25, 0.3) is 11.8 Å². The van der Waals surface area contributed by atoms with Gasteiger partial charge >= 0.3 is 0 Å². The van der Waals surface area contributed by atoms with E-state index in [4.69, 9.17) is 4.74 Å². The number of hydrogen-bond donors (Lipinski definition) is 1. The first kappa shape index (κ1) is 23.6. The predicted molar refractivity (Wildman–Crippen MR) is 129 cm³/mol. The molecule has 198 valence electrons.